The molecule has 0 aliphatic heterocycles. The highest BCUT2D eigenvalue weighted by atomic mass is 16.4. The first-order chi connectivity index (χ1) is 12.6. The third-order valence-corrected chi connectivity index (χ3v) is 4.11. The number of oxazole rings is 1. The Labute approximate surface area is 149 Å². The SMILES string of the molecule is Cc1c(-c2ccccc2)nn(-c2nc(C(=O)O)co2)c1-c1ccccc1. The number of benzene rings is 2. The number of nitrogens with zero attached hydrogens (tertiary/aromatic N) is 3. The lowest BCUT2D eigenvalue weighted by atomic mass is 10.0. The van der Waals surface area contributed by atoms with E-state index in [1.54, 1.807) is 4.68 Å². The highest BCUT2D eigenvalue weighted by Gasteiger charge is 2.22. The summed E-state index contributed by atoms with van der Waals surface area (Å²) < 4.78 is 6.94. The Bertz CT molecular complexity index is 1070. The molecule has 4 rings (SSSR count). The second-order valence-corrected chi connectivity index (χ2v) is 5.79. The van der Waals surface area contributed by atoms with Crippen LogP contribution in [0.3, 0.4) is 0 Å². The van der Waals surface area contributed by atoms with Crippen molar-refractivity contribution in [1.82, 2.24) is 14.8 Å². The van der Waals surface area contributed by atoms with Crippen LogP contribution in [0.25, 0.3) is 28.5 Å². The largest absolute Gasteiger partial charge is 0.476 e. The first-order valence-corrected chi connectivity index (χ1v) is 8.05. The van der Waals surface area contributed by atoms with E-state index >= 15 is 0 Å². The minimum absolute atomic E-state index is 0.117. The molecule has 0 saturated heterocycles. The molecule has 1 N–H and O–H groups in total. The van der Waals surface area contributed by atoms with E-state index in [2.05, 4.69) is 10.1 Å². The summed E-state index contributed by atoms with van der Waals surface area (Å²) in [5.41, 5.74) is 4.30. The molecule has 0 aliphatic rings. The molecule has 0 unspecified atom stereocenters. The van der Waals surface area contributed by atoms with E-state index in [4.69, 9.17) is 9.52 Å². The summed E-state index contributed by atoms with van der Waals surface area (Å²) in [4.78, 5) is 15.2. The number of rotatable bonds is 4. The van der Waals surface area contributed by atoms with Gasteiger partial charge in [-0.1, -0.05) is 60.7 Å². The summed E-state index contributed by atoms with van der Waals surface area (Å²) in [6, 6.07) is 19.7. The molecule has 26 heavy (non-hydrogen) atoms. The second kappa shape index (κ2) is 6.33. The van der Waals surface area contributed by atoms with Crippen LogP contribution >= 0.6 is 0 Å². The van der Waals surface area contributed by atoms with Crippen LogP contribution < -0.4 is 0 Å². The van der Waals surface area contributed by atoms with Gasteiger partial charge in [0.1, 0.15) is 6.26 Å². The molecular formula is C20H15N3O3. The summed E-state index contributed by atoms with van der Waals surface area (Å²) in [7, 11) is 0. The van der Waals surface area contributed by atoms with E-state index in [-0.39, 0.29) is 11.7 Å². The summed E-state index contributed by atoms with van der Waals surface area (Å²) in [5.74, 6) is -1.14. The number of hydrogen-bond acceptors (Lipinski definition) is 4. The standard InChI is InChI=1S/C20H15N3O3/c1-13-17(14-8-4-2-5-9-14)22-23(18(13)15-10-6-3-7-11-15)20-21-16(12-26-20)19(24)25/h2-12H,1H3,(H,24,25). The van der Waals surface area contributed by atoms with Gasteiger partial charge in [0.05, 0.1) is 11.4 Å². The van der Waals surface area contributed by atoms with E-state index in [0.29, 0.717) is 0 Å². The van der Waals surface area contributed by atoms with Crippen molar-refractivity contribution in [3.05, 3.63) is 78.2 Å². The Morgan fingerprint density at radius 1 is 1.00 bits per heavy atom. The monoisotopic (exact) mass is 345 g/mol. The number of aromatic carboxylic acids is 1. The van der Waals surface area contributed by atoms with Gasteiger partial charge in [0.15, 0.2) is 5.69 Å². The van der Waals surface area contributed by atoms with Crippen molar-refractivity contribution >= 4 is 5.97 Å². The molecule has 0 amide bonds. The van der Waals surface area contributed by atoms with Crippen LogP contribution in [-0.2, 0) is 0 Å². The summed E-state index contributed by atoms with van der Waals surface area (Å²) >= 11 is 0. The van der Waals surface area contributed by atoms with Gasteiger partial charge in [-0.25, -0.2) is 4.79 Å². The molecular weight excluding hydrogens is 330 g/mol. The average molecular weight is 345 g/mol. The highest BCUT2D eigenvalue weighted by Crippen LogP contribution is 2.33. The molecule has 6 nitrogen and oxygen atoms in total. The minimum atomic E-state index is -1.14. The van der Waals surface area contributed by atoms with Crippen molar-refractivity contribution in [2.24, 2.45) is 0 Å². The molecule has 0 spiro atoms. The molecule has 2 aromatic carbocycles. The highest BCUT2D eigenvalue weighted by molar-refractivity contribution is 5.85. The predicted octanol–water partition coefficient (Wildman–Crippen LogP) is 4.20. The van der Waals surface area contributed by atoms with Gasteiger partial charge in [-0.2, -0.15) is 14.8 Å². The van der Waals surface area contributed by atoms with Crippen molar-refractivity contribution < 1.29 is 14.3 Å². The average Bonchev–Trinajstić information content (AvgIpc) is 3.28. The fourth-order valence-electron chi connectivity index (χ4n) is 2.90. The second-order valence-electron chi connectivity index (χ2n) is 5.79. The minimum Gasteiger partial charge on any atom is -0.476 e. The molecule has 2 heterocycles. The molecule has 6 heteroatoms. The van der Waals surface area contributed by atoms with Crippen LogP contribution in [0.2, 0.25) is 0 Å². The first-order valence-electron chi connectivity index (χ1n) is 8.05. The maximum Gasteiger partial charge on any atom is 0.357 e. The fraction of sp³-hybridized carbons (Fsp3) is 0.0500. The summed E-state index contributed by atoms with van der Waals surface area (Å²) in [6.07, 6.45) is 1.12. The van der Waals surface area contributed by atoms with Gasteiger partial charge in [-0.3, -0.25) is 0 Å². The van der Waals surface area contributed by atoms with E-state index < -0.39 is 5.97 Å². The van der Waals surface area contributed by atoms with Gasteiger partial charge in [0.2, 0.25) is 0 Å². The van der Waals surface area contributed by atoms with Crippen molar-refractivity contribution in [2.45, 2.75) is 6.92 Å². The van der Waals surface area contributed by atoms with Crippen LogP contribution in [0.4, 0.5) is 0 Å². The summed E-state index contributed by atoms with van der Waals surface area (Å²) in [5, 5.41) is 13.8. The topological polar surface area (TPSA) is 81.2 Å². The fourth-order valence-corrected chi connectivity index (χ4v) is 2.90. The Morgan fingerprint density at radius 3 is 2.19 bits per heavy atom. The zero-order valence-corrected chi connectivity index (χ0v) is 14.0. The van der Waals surface area contributed by atoms with Crippen LogP contribution in [0.5, 0.6) is 0 Å². The van der Waals surface area contributed by atoms with Gasteiger partial charge in [-0.05, 0) is 6.92 Å². The zero-order chi connectivity index (χ0) is 18.1. The van der Waals surface area contributed by atoms with Gasteiger partial charge >= 0.3 is 12.0 Å². The normalized spacial score (nSPS) is 10.8. The number of carboxylic acids is 1. The van der Waals surface area contributed by atoms with Crippen LogP contribution in [0, 0.1) is 6.92 Å². The van der Waals surface area contributed by atoms with Crippen molar-refractivity contribution in [3.63, 3.8) is 0 Å². The van der Waals surface area contributed by atoms with E-state index in [0.717, 1.165) is 34.3 Å². The molecule has 0 bridgehead atoms. The lowest BCUT2D eigenvalue weighted by Gasteiger charge is -2.04. The first kappa shape index (κ1) is 15.8. The quantitative estimate of drug-likeness (QED) is 0.599. The number of carbonyl (C=O) groups is 1. The van der Waals surface area contributed by atoms with E-state index in [1.165, 1.54) is 0 Å². The van der Waals surface area contributed by atoms with E-state index in [9.17, 15) is 4.79 Å². The zero-order valence-electron chi connectivity index (χ0n) is 14.0. The number of carboxylic acid groups (broad SMARTS) is 1. The van der Waals surface area contributed by atoms with Gasteiger partial charge < -0.3 is 9.52 Å². The smallest absolute Gasteiger partial charge is 0.357 e. The molecule has 0 radical (unpaired) electrons. The van der Waals surface area contributed by atoms with Gasteiger partial charge in [0.25, 0.3) is 0 Å². The molecule has 2 aromatic heterocycles. The molecule has 4 aromatic rings. The summed E-state index contributed by atoms with van der Waals surface area (Å²) in [6.45, 7) is 1.98. The van der Waals surface area contributed by atoms with Gasteiger partial charge in [0, 0.05) is 16.7 Å². The van der Waals surface area contributed by atoms with Crippen molar-refractivity contribution in [3.8, 4) is 28.5 Å². The maximum atomic E-state index is 11.1. The molecule has 128 valence electrons. The van der Waals surface area contributed by atoms with Crippen LogP contribution in [0.1, 0.15) is 16.1 Å². The predicted molar refractivity (Wildman–Crippen MR) is 96.2 cm³/mol. The molecule has 0 atom stereocenters. The number of hydrogen-bond donors (Lipinski definition) is 1. The Kier molecular flexibility index (Phi) is 3.85. The Balaban J connectivity index is 1.96. The molecule has 0 saturated carbocycles. The Morgan fingerprint density at radius 2 is 1.62 bits per heavy atom. The maximum absolute atomic E-state index is 11.1. The third kappa shape index (κ3) is 2.67. The molecule has 0 fully saturated rings. The van der Waals surface area contributed by atoms with Crippen LogP contribution in [0.15, 0.2) is 71.3 Å². The lowest BCUT2D eigenvalue weighted by Crippen LogP contribution is -2.02. The van der Waals surface area contributed by atoms with Crippen molar-refractivity contribution in [2.75, 3.05) is 0 Å². The Hall–Kier alpha value is -3.67. The van der Waals surface area contributed by atoms with Gasteiger partial charge in [-0.15, -0.1) is 0 Å². The van der Waals surface area contributed by atoms with Crippen molar-refractivity contribution in [1.29, 1.82) is 0 Å². The number of aromatic nitrogens is 3. The van der Waals surface area contributed by atoms with Crippen LogP contribution in [-0.4, -0.2) is 25.8 Å². The third-order valence-electron chi connectivity index (χ3n) is 4.11. The van der Waals surface area contributed by atoms with E-state index in [1.807, 2.05) is 67.6 Å². The lowest BCUT2D eigenvalue weighted by molar-refractivity contribution is 0.0690. The molecule has 0 aliphatic carbocycles.